The lowest BCUT2D eigenvalue weighted by Crippen LogP contribution is -2.27. The van der Waals surface area contributed by atoms with Crippen LogP contribution >= 0.6 is 0 Å². The first-order valence-electron chi connectivity index (χ1n) is 10.8. The fraction of sp³-hybridized carbons (Fsp3) is 0.360. The molecule has 0 fully saturated rings. The molecule has 1 aliphatic carbocycles. The average molecular weight is 405 g/mol. The van der Waals surface area contributed by atoms with Crippen LogP contribution in [0.25, 0.3) is 33.3 Å². The molecule has 0 aromatic heterocycles. The highest BCUT2D eigenvalue weighted by Gasteiger charge is 2.16. The van der Waals surface area contributed by atoms with Gasteiger partial charge in [0.15, 0.2) is 16.8 Å². The maximum absolute atomic E-state index is 12.5. The maximum atomic E-state index is 12.5. The van der Waals surface area contributed by atoms with Crippen molar-refractivity contribution in [2.45, 2.75) is 39.0 Å². The second-order valence-electron chi connectivity index (χ2n) is 7.76. The average Bonchev–Trinajstić information content (AvgIpc) is 2.77. The van der Waals surface area contributed by atoms with Crippen molar-refractivity contribution in [3.63, 3.8) is 0 Å². The Hall–Kier alpha value is -2.92. The van der Waals surface area contributed by atoms with E-state index in [2.05, 4.69) is 11.8 Å². The van der Waals surface area contributed by atoms with Crippen molar-refractivity contribution in [1.29, 1.82) is 0 Å². The van der Waals surface area contributed by atoms with Crippen LogP contribution in [0, 0.1) is 0 Å². The fourth-order valence-corrected chi connectivity index (χ4v) is 4.00. The molecule has 4 rings (SSSR count). The zero-order chi connectivity index (χ0) is 20.9. The summed E-state index contributed by atoms with van der Waals surface area (Å²) in [5, 5.41) is 11.0. The first kappa shape index (κ1) is 20.4. The normalized spacial score (nSPS) is 11.5. The van der Waals surface area contributed by atoms with Gasteiger partial charge >= 0.3 is 0 Å². The molecule has 1 aliphatic heterocycles. The molecule has 5 nitrogen and oxygen atoms in total. The lowest BCUT2D eigenvalue weighted by atomic mass is 10.0. The number of unbranched alkanes of at least 4 members (excludes halogenated alkanes) is 4. The molecule has 0 spiro atoms. The Morgan fingerprint density at radius 3 is 2.57 bits per heavy atom. The van der Waals surface area contributed by atoms with Crippen LogP contribution in [-0.4, -0.2) is 29.8 Å². The minimum Gasteiger partial charge on any atom is -0.453 e. The third kappa shape index (κ3) is 4.17. The molecule has 1 N–H and O–H groups in total. The van der Waals surface area contributed by atoms with Crippen molar-refractivity contribution >= 4 is 27.6 Å². The van der Waals surface area contributed by atoms with E-state index in [9.17, 15) is 9.90 Å². The molecule has 1 heterocycles. The molecule has 0 radical (unpaired) electrons. The third-order valence-corrected chi connectivity index (χ3v) is 5.61. The number of anilines is 1. The van der Waals surface area contributed by atoms with Crippen molar-refractivity contribution in [2.24, 2.45) is 0 Å². The monoisotopic (exact) mass is 404 g/mol. The number of aromatic nitrogens is 1. The summed E-state index contributed by atoms with van der Waals surface area (Å²) >= 11 is 0. The van der Waals surface area contributed by atoms with Crippen LogP contribution in [0.15, 0.2) is 57.7 Å². The van der Waals surface area contributed by atoms with Gasteiger partial charge in [0.05, 0.1) is 6.61 Å². The third-order valence-electron chi connectivity index (χ3n) is 5.61. The van der Waals surface area contributed by atoms with E-state index in [1.165, 1.54) is 31.7 Å². The second kappa shape index (κ2) is 9.26. The summed E-state index contributed by atoms with van der Waals surface area (Å²) in [6.45, 7) is 3.79. The molecular formula is C25H28N2O3. The van der Waals surface area contributed by atoms with E-state index in [0.717, 1.165) is 29.6 Å². The van der Waals surface area contributed by atoms with Gasteiger partial charge in [-0.05, 0) is 18.6 Å². The number of aliphatic hydroxyl groups is 1. The molecule has 0 saturated carbocycles. The molecule has 30 heavy (non-hydrogen) atoms. The maximum Gasteiger partial charge on any atom is 0.190 e. The van der Waals surface area contributed by atoms with Gasteiger partial charge in [-0.25, -0.2) is 4.98 Å². The van der Waals surface area contributed by atoms with Crippen LogP contribution in [0.1, 0.15) is 39.0 Å². The Kier molecular flexibility index (Phi) is 6.29. The molecule has 2 aromatic rings. The largest absolute Gasteiger partial charge is 0.453 e. The van der Waals surface area contributed by atoms with E-state index >= 15 is 0 Å². The molecular weight excluding hydrogens is 376 g/mol. The van der Waals surface area contributed by atoms with Gasteiger partial charge < -0.3 is 14.4 Å². The number of aliphatic hydroxyl groups excluding tert-OH is 1. The molecule has 0 unspecified atom stereocenters. The summed E-state index contributed by atoms with van der Waals surface area (Å²) in [4.78, 5) is 19.4. The molecule has 156 valence electrons. The van der Waals surface area contributed by atoms with Gasteiger partial charge in [-0.15, -0.1) is 0 Å². The highest BCUT2D eigenvalue weighted by molar-refractivity contribution is 5.96. The molecule has 0 saturated heterocycles. The molecule has 0 atom stereocenters. The highest BCUT2D eigenvalue weighted by Crippen LogP contribution is 2.31. The number of hydrogen-bond donors (Lipinski definition) is 1. The summed E-state index contributed by atoms with van der Waals surface area (Å²) in [5.41, 5.74) is 3.03. The van der Waals surface area contributed by atoms with Crippen LogP contribution in [0.5, 0.6) is 0 Å². The Bertz CT molecular complexity index is 1170. The zero-order valence-corrected chi connectivity index (χ0v) is 17.4. The van der Waals surface area contributed by atoms with Crippen molar-refractivity contribution in [2.75, 3.05) is 24.6 Å². The van der Waals surface area contributed by atoms with Crippen molar-refractivity contribution < 1.29 is 9.52 Å². The van der Waals surface area contributed by atoms with Gasteiger partial charge in [0.25, 0.3) is 0 Å². The van der Waals surface area contributed by atoms with E-state index in [1.807, 2.05) is 42.5 Å². The van der Waals surface area contributed by atoms with E-state index in [4.69, 9.17) is 9.40 Å². The van der Waals surface area contributed by atoms with Gasteiger partial charge in [-0.2, -0.15) is 0 Å². The van der Waals surface area contributed by atoms with Gasteiger partial charge in [-0.3, -0.25) is 4.79 Å². The number of rotatable bonds is 9. The SMILES string of the molecule is CCCCCCCN(CCO)c1ccc2nc3c4ccccc4c(=O)cc-3oc2c1. The van der Waals surface area contributed by atoms with Gasteiger partial charge in [0, 0.05) is 41.7 Å². The van der Waals surface area contributed by atoms with Crippen LogP contribution in [0.4, 0.5) is 5.69 Å². The van der Waals surface area contributed by atoms with Crippen molar-refractivity contribution in [1.82, 2.24) is 4.98 Å². The Morgan fingerprint density at radius 1 is 0.967 bits per heavy atom. The van der Waals surface area contributed by atoms with Gasteiger partial charge in [0.1, 0.15) is 11.2 Å². The number of hydrogen-bond acceptors (Lipinski definition) is 5. The summed E-state index contributed by atoms with van der Waals surface area (Å²) in [7, 11) is 0. The predicted molar refractivity (Wildman–Crippen MR) is 122 cm³/mol. The van der Waals surface area contributed by atoms with Crippen molar-refractivity contribution in [3.05, 3.63) is 58.8 Å². The summed E-state index contributed by atoms with van der Waals surface area (Å²) in [6.07, 6.45) is 6.03. The van der Waals surface area contributed by atoms with E-state index < -0.39 is 0 Å². The molecule has 2 aliphatic rings. The number of fused-ring (bicyclic) bond motifs is 4. The second-order valence-corrected chi connectivity index (χ2v) is 7.76. The predicted octanol–water partition coefficient (Wildman–Crippen LogP) is 5.22. The van der Waals surface area contributed by atoms with E-state index in [-0.39, 0.29) is 12.0 Å². The topological polar surface area (TPSA) is 66.6 Å². The first-order valence-corrected chi connectivity index (χ1v) is 10.8. The van der Waals surface area contributed by atoms with Crippen LogP contribution in [0.3, 0.4) is 0 Å². The smallest absolute Gasteiger partial charge is 0.190 e. The summed E-state index contributed by atoms with van der Waals surface area (Å²) in [6, 6.07) is 15.0. The Balaban J connectivity index is 1.69. The Morgan fingerprint density at radius 2 is 1.77 bits per heavy atom. The minimum absolute atomic E-state index is 0.0619. The molecule has 0 amide bonds. The molecule has 5 heteroatoms. The minimum atomic E-state index is -0.0619. The Labute approximate surface area is 176 Å². The van der Waals surface area contributed by atoms with E-state index in [1.54, 1.807) is 0 Å². The van der Waals surface area contributed by atoms with Crippen LogP contribution in [0.2, 0.25) is 0 Å². The van der Waals surface area contributed by atoms with Crippen molar-refractivity contribution in [3.8, 4) is 11.5 Å². The molecule has 0 bridgehead atoms. The fourth-order valence-electron chi connectivity index (χ4n) is 4.00. The lowest BCUT2D eigenvalue weighted by molar-refractivity contribution is 0.301. The summed E-state index contributed by atoms with van der Waals surface area (Å²) < 4.78 is 6.11. The summed E-state index contributed by atoms with van der Waals surface area (Å²) in [5.74, 6) is 0.497. The molecule has 2 aromatic carbocycles. The van der Waals surface area contributed by atoms with Crippen LogP contribution < -0.4 is 10.3 Å². The lowest BCUT2D eigenvalue weighted by Gasteiger charge is -2.24. The highest BCUT2D eigenvalue weighted by atomic mass is 16.3. The first-order chi connectivity index (χ1) is 14.7. The van der Waals surface area contributed by atoms with E-state index in [0.29, 0.717) is 29.0 Å². The standard InChI is InChI=1S/C25H28N2O3/c1-2-3-4-5-8-13-27(14-15-28)18-11-12-21-23(16-18)30-24-17-22(29)19-9-6-7-10-20(19)25(24)26-21/h6-7,9-12,16-17,28H,2-5,8,13-15H2,1H3. The number of benzene rings is 3. The van der Waals surface area contributed by atoms with Gasteiger partial charge in [0.2, 0.25) is 0 Å². The zero-order valence-electron chi connectivity index (χ0n) is 17.4. The quantitative estimate of drug-likeness (QED) is 0.235. The van der Waals surface area contributed by atoms with Crippen LogP contribution in [-0.2, 0) is 0 Å². The number of nitrogens with zero attached hydrogens (tertiary/aromatic N) is 2. The van der Waals surface area contributed by atoms with Gasteiger partial charge in [-0.1, -0.05) is 56.9 Å².